The van der Waals surface area contributed by atoms with Gasteiger partial charge >= 0.3 is 0 Å². The lowest BCUT2D eigenvalue weighted by Gasteiger charge is -2.43. The van der Waals surface area contributed by atoms with Gasteiger partial charge in [-0.2, -0.15) is 0 Å². The summed E-state index contributed by atoms with van der Waals surface area (Å²) in [5.74, 6) is 3.06. The molecule has 2 atom stereocenters. The van der Waals surface area contributed by atoms with Crippen LogP contribution >= 0.6 is 0 Å². The summed E-state index contributed by atoms with van der Waals surface area (Å²) in [4.78, 5) is 15.2. The Bertz CT molecular complexity index is 2400. The Morgan fingerprint density at radius 1 is 0.463 bits per heavy atom. The largest absolute Gasteiger partial charge is 0.208 e. The molecular formula is C51H45N3. The molecule has 3 nitrogen and oxygen atoms in total. The highest BCUT2D eigenvalue weighted by Gasteiger charge is 2.55. The van der Waals surface area contributed by atoms with Crippen LogP contribution in [0.3, 0.4) is 0 Å². The van der Waals surface area contributed by atoms with E-state index in [-0.39, 0.29) is 10.8 Å². The van der Waals surface area contributed by atoms with Gasteiger partial charge in [0.2, 0.25) is 0 Å². The third-order valence-corrected chi connectivity index (χ3v) is 13.8. The van der Waals surface area contributed by atoms with Crippen LogP contribution in [-0.2, 0) is 10.8 Å². The van der Waals surface area contributed by atoms with Crippen molar-refractivity contribution in [2.24, 2.45) is 5.92 Å². The maximum atomic E-state index is 5.10. The van der Waals surface area contributed by atoms with Crippen molar-refractivity contribution >= 4 is 5.57 Å². The Kier molecular flexibility index (Phi) is 7.47. The third kappa shape index (κ3) is 4.83. The lowest BCUT2D eigenvalue weighted by atomic mass is 9.60. The number of rotatable bonds is 4. The maximum Gasteiger partial charge on any atom is 0.164 e. The monoisotopic (exact) mass is 699 g/mol. The van der Waals surface area contributed by atoms with Gasteiger partial charge in [-0.1, -0.05) is 172 Å². The van der Waals surface area contributed by atoms with Crippen molar-refractivity contribution in [3.8, 4) is 45.3 Å². The number of hydrogen-bond acceptors (Lipinski definition) is 3. The molecule has 264 valence electrons. The zero-order valence-corrected chi connectivity index (χ0v) is 30.8. The number of fused-ring (bicyclic) bond motifs is 10. The van der Waals surface area contributed by atoms with Crippen molar-refractivity contribution in [3.05, 3.63) is 167 Å². The summed E-state index contributed by atoms with van der Waals surface area (Å²) >= 11 is 0. The molecule has 0 N–H and O–H groups in total. The van der Waals surface area contributed by atoms with Gasteiger partial charge in [-0.15, -0.1) is 0 Å². The van der Waals surface area contributed by atoms with Crippen LogP contribution in [0.15, 0.2) is 145 Å². The zero-order valence-electron chi connectivity index (χ0n) is 30.8. The molecule has 1 aromatic heterocycles. The lowest BCUT2D eigenvalue weighted by molar-refractivity contribution is 0.231. The van der Waals surface area contributed by atoms with E-state index in [9.17, 15) is 0 Å². The van der Waals surface area contributed by atoms with E-state index < -0.39 is 0 Å². The molecule has 5 aliphatic rings. The molecule has 11 rings (SSSR count). The number of nitrogens with zero attached hydrogens (tertiary/aromatic N) is 3. The highest BCUT2D eigenvalue weighted by Crippen LogP contribution is 2.66. The summed E-state index contributed by atoms with van der Waals surface area (Å²) in [5.41, 5.74) is 15.3. The van der Waals surface area contributed by atoms with Crippen molar-refractivity contribution in [3.63, 3.8) is 0 Å². The van der Waals surface area contributed by atoms with E-state index in [1.807, 2.05) is 36.4 Å². The van der Waals surface area contributed by atoms with E-state index >= 15 is 0 Å². The van der Waals surface area contributed by atoms with Crippen LogP contribution in [0.5, 0.6) is 0 Å². The van der Waals surface area contributed by atoms with Crippen LogP contribution in [0, 0.1) is 5.92 Å². The van der Waals surface area contributed by atoms with Crippen LogP contribution in [-0.4, -0.2) is 15.0 Å². The van der Waals surface area contributed by atoms with Crippen molar-refractivity contribution < 1.29 is 0 Å². The predicted molar refractivity (Wildman–Crippen MR) is 220 cm³/mol. The van der Waals surface area contributed by atoms with E-state index in [0.29, 0.717) is 29.3 Å². The van der Waals surface area contributed by atoms with Gasteiger partial charge in [-0.25, -0.2) is 15.0 Å². The minimum absolute atomic E-state index is 0.103. The van der Waals surface area contributed by atoms with Crippen LogP contribution in [0.2, 0.25) is 0 Å². The quantitative estimate of drug-likeness (QED) is 0.184. The normalized spacial score (nSPS) is 21.5. The second-order valence-corrected chi connectivity index (χ2v) is 16.5. The summed E-state index contributed by atoms with van der Waals surface area (Å²) in [6.07, 6.45) is 18.8. The van der Waals surface area contributed by atoms with Crippen molar-refractivity contribution in [1.82, 2.24) is 15.0 Å². The fourth-order valence-electron chi connectivity index (χ4n) is 11.5. The highest BCUT2D eigenvalue weighted by atomic mass is 15.0. The molecule has 5 aliphatic carbocycles. The molecule has 1 heterocycles. The Labute approximate surface area is 319 Å². The first kappa shape index (κ1) is 32.1. The van der Waals surface area contributed by atoms with Gasteiger partial charge in [0.25, 0.3) is 0 Å². The lowest BCUT2D eigenvalue weighted by Crippen LogP contribution is -2.36. The Balaban J connectivity index is 1.07. The molecule has 6 aromatic rings. The number of benzene rings is 5. The first-order chi connectivity index (χ1) is 26.7. The molecule has 5 aromatic carbocycles. The van der Waals surface area contributed by atoms with Gasteiger partial charge in [-0.05, 0) is 82.2 Å². The first-order valence-electron chi connectivity index (χ1n) is 20.4. The van der Waals surface area contributed by atoms with Gasteiger partial charge in [0.05, 0.1) is 0 Å². The topological polar surface area (TPSA) is 38.7 Å². The highest BCUT2D eigenvalue weighted by molar-refractivity contribution is 5.98. The van der Waals surface area contributed by atoms with Gasteiger partial charge < -0.3 is 0 Å². The Hall–Kier alpha value is -5.41. The molecule has 0 bridgehead atoms. The first-order valence-corrected chi connectivity index (χ1v) is 20.4. The average molecular weight is 700 g/mol. The summed E-state index contributed by atoms with van der Waals surface area (Å²) in [7, 11) is 0. The minimum atomic E-state index is 0.103. The van der Waals surface area contributed by atoms with Crippen LogP contribution in [0.1, 0.15) is 92.4 Å². The Morgan fingerprint density at radius 3 is 1.72 bits per heavy atom. The van der Waals surface area contributed by atoms with Crippen molar-refractivity contribution in [2.75, 3.05) is 0 Å². The van der Waals surface area contributed by atoms with E-state index in [1.54, 1.807) is 22.3 Å². The summed E-state index contributed by atoms with van der Waals surface area (Å²) in [6, 6.07) is 46.2. The molecule has 0 saturated heterocycles. The average Bonchev–Trinajstić information content (AvgIpc) is 3.66. The second-order valence-electron chi connectivity index (χ2n) is 16.5. The SMILES string of the molecule is C1=C2C(=CC3C1c1ccccc1C31CCCCC1)C1(CCCCC1)c1cccc(-c3cccc(-c4nc(-c5ccccc5)nc(-c5ccccc5)n4)c3)c12. The molecule has 3 heteroatoms. The van der Waals surface area contributed by atoms with Crippen molar-refractivity contribution in [2.45, 2.75) is 81.0 Å². The van der Waals surface area contributed by atoms with Crippen LogP contribution < -0.4 is 0 Å². The van der Waals surface area contributed by atoms with Crippen LogP contribution in [0.25, 0.3) is 50.9 Å². The van der Waals surface area contributed by atoms with Crippen LogP contribution in [0.4, 0.5) is 0 Å². The molecule has 0 amide bonds. The summed E-state index contributed by atoms with van der Waals surface area (Å²) in [6.45, 7) is 0. The molecule has 0 aliphatic heterocycles. The van der Waals surface area contributed by atoms with E-state index in [2.05, 4.69) is 103 Å². The molecule has 0 radical (unpaired) electrons. The van der Waals surface area contributed by atoms with E-state index in [0.717, 1.165) is 16.7 Å². The zero-order chi connectivity index (χ0) is 35.7. The third-order valence-electron chi connectivity index (χ3n) is 13.8. The number of aromatic nitrogens is 3. The van der Waals surface area contributed by atoms with Crippen molar-refractivity contribution in [1.29, 1.82) is 0 Å². The van der Waals surface area contributed by atoms with Gasteiger partial charge in [0.1, 0.15) is 0 Å². The molecular weight excluding hydrogens is 655 g/mol. The maximum absolute atomic E-state index is 5.10. The molecule has 2 unspecified atom stereocenters. The fourth-order valence-corrected chi connectivity index (χ4v) is 11.5. The summed E-state index contributed by atoms with van der Waals surface area (Å²) in [5, 5.41) is 0. The predicted octanol–water partition coefficient (Wildman–Crippen LogP) is 12.7. The summed E-state index contributed by atoms with van der Waals surface area (Å²) < 4.78 is 0. The molecule has 2 saturated carbocycles. The minimum Gasteiger partial charge on any atom is -0.208 e. The molecule has 54 heavy (non-hydrogen) atoms. The second kappa shape index (κ2) is 12.6. The fraction of sp³-hybridized carbons (Fsp3) is 0.275. The van der Waals surface area contributed by atoms with Gasteiger partial charge in [0.15, 0.2) is 17.5 Å². The van der Waals surface area contributed by atoms with Gasteiger partial charge in [-0.3, -0.25) is 0 Å². The number of hydrogen-bond donors (Lipinski definition) is 0. The molecule has 2 spiro atoms. The standard InChI is InChI=1S/C51H45N3/c1-5-17-34(18-6-1)47-52-48(35-19-7-2-8-20-35)54-49(53-47)37-22-15-21-36(31-37)38-24-16-26-43-46(38)41-32-40-39-23-9-10-25-42(39)50(27-11-3-12-28-50)44(40)33-45(41)51(43)29-13-4-14-30-51/h1-2,5-10,15-26,31-33,40,44H,3-4,11-14,27-30H2. The number of allylic oxidation sites excluding steroid dienone is 4. The van der Waals surface area contributed by atoms with E-state index in [4.69, 9.17) is 15.0 Å². The van der Waals surface area contributed by atoms with E-state index in [1.165, 1.54) is 86.5 Å². The Morgan fingerprint density at radius 2 is 1.02 bits per heavy atom. The smallest absolute Gasteiger partial charge is 0.164 e. The van der Waals surface area contributed by atoms with Gasteiger partial charge in [0, 0.05) is 33.4 Å². The molecule has 2 fully saturated rings.